The number of carbonyl (C=O) groups is 1. The van der Waals surface area contributed by atoms with Gasteiger partial charge in [0.1, 0.15) is 11.6 Å². The summed E-state index contributed by atoms with van der Waals surface area (Å²) in [5, 5.41) is 6.91. The number of likely N-dealkylation sites (tertiary alicyclic amines) is 1. The first-order chi connectivity index (χ1) is 14.5. The number of aromatic amines is 1. The first kappa shape index (κ1) is 20.3. The van der Waals surface area contributed by atoms with Gasteiger partial charge in [-0.15, -0.1) is 0 Å². The number of para-hydroxylation sites is 1. The zero-order chi connectivity index (χ0) is 21.3. The summed E-state index contributed by atoms with van der Waals surface area (Å²) in [4.78, 5) is 26.7. The van der Waals surface area contributed by atoms with Gasteiger partial charge in [0, 0.05) is 19.5 Å². The van der Waals surface area contributed by atoms with Crippen LogP contribution in [0.25, 0.3) is 5.69 Å². The summed E-state index contributed by atoms with van der Waals surface area (Å²) < 4.78 is 15.7. The van der Waals surface area contributed by atoms with Crippen molar-refractivity contribution in [3.8, 4) is 5.69 Å². The van der Waals surface area contributed by atoms with E-state index in [0.29, 0.717) is 25.3 Å². The van der Waals surface area contributed by atoms with Crippen molar-refractivity contribution in [1.82, 2.24) is 19.7 Å². The number of aromatic nitrogens is 3. The molecule has 1 aliphatic heterocycles. The predicted molar refractivity (Wildman–Crippen MR) is 113 cm³/mol. The van der Waals surface area contributed by atoms with Crippen LogP contribution in [0.15, 0.2) is 47.3 Å². The molecule has 0 radical (unpaired) electrons. The van der Waals surface area contributed by atoms with E-state index in [1.807, 2.05) is 31.2 Å². The van der Waals surface area contributed by atoms with Gasteiger partial charge in [0.05, 0.1) is 16.3 Å². The van der Waals surface area contributed by atoms with E-state index >= 15 is 0 Å². The second-order valence-electron chi connectivity index (χ2n) is 7.60. The highest BCUT2D eigenvalue weighted by atomic mass is 35.5. The molecule has 0 saturated carbocycles. The second-order valence-corrected chi connectivity index (χ2v) is 8.01. The fraction of sp³-hybridized carbons (Fsp3) is 0.318. The first-order valence-corrected chi connectivity index (χ1v) is 10.3. The van der Waals surface area contributed by atoms with E-state index in [1.54, 1.807) is 9.47 Å². The Morgan fingerprint density at radius 2 is 1.93 bits per heavy atom. The van der Waals surface area contributed by atoms with Gasteiger partial charge in [0.25, 0.3) is 5.91 Å². The molecule has 1 amide bonds. The van der Waals surface area contributed by atoms with Crippen molar-refractivity contribution in [2.24, 2.45) is 5.92 Å². The maximum Gasteiger partial charge on any atom is 0.347 e. The van der Waals surface area contributed by atoms with Crippen molar-refractivity contribution in [2.45, 2.75) is 26.2 Å². The lowest BCUT2D eigenvalue weighted by Gasteiger charge is -2.32. The number of nitrogens with one attached hydrogen (secondary N) is 1. The molecule has 1 aromatic heterocycles. The Labute approximate surface area is 178 Å². The number of hydrogen-bond acceptors (Lipinski definition) is 3. The van der Waals surface area contributed by atoms with Crippen LogP contribution in [-0.2, 0) is 6.42 Å². The molecule has 0 bridgehead atoms. The molecule has 4 rings (SSSR count). The number of aryl methyl sites for hydroxylation is 1. The minimum Gasteiger partial charge on any atom is -0.338 e. The third-order valence-electron chi connectivity index (χ3n) is 5.65. The van der Waals surface area contributed by atoms with E-state index in [0.717, 1.165) is 24.1 Å². The third kappa shape index (κ3) is 3.89. The summed E-state index contributed by atoms with van der Waals surface area (Å²) in [5.41, 5.74) is 1.47. The lowest BCUT2D eigenvalue weighted by Crippen LogP contribution is -2.39. The molecule has 0 spiro atoms. The normalized spacial score (nSPS) is 14.8. The molecule has 1 fully saturated rings. The van der Waals surface area contributed by atoms with Gasteiger partial charge in [-0.25, -0.2) is 18.9 Å². The number of H-pyrrole nitrogens is 1. The van der Waals surface area contributed by atoms with Gasteiger partial charge in [0.15, 0.2) is 0 Å². The van der Waals surface area contributed by atoms with Crippen LogP contribution in [0.4, 0.5) is 4.39 Å². The van der Waals surface area contributed by atoms with Gasteiger partial charge in [-0.2, -0.15) is 5.10 Å². The summed E-state index contributed by atoms with van der Waals surface area (Å²) >= 11 is 6.04. The molecule has 2 aromatic carbocycles. The van der Waals surface area contributed by atoms with Crippen molar-refractivity contribution in [3.05, 3.63) is 80.7 Å². The highest BCUT2D eigenvalue weighted by Gasteiger charge is 2.28. The highest BCUT2D eigenvalue weighted by Crippen LogP contribution is 2.26. The number of halogens is 2. The Morgan fingerprint density at radius 1 is 1.20 bits per heavy atom. The maximum absolute atomic E-state index is 14.1. The van der Waals surface area contributed by atoms with Crippen molar-refractivity contribution in [3.63, 3.8) is 0 Å². The van der Waals surface area contributed by atoms with E-state index in [2.05, 4.69) is 10.2 Å². The van der Waals surface area contributed by atoms with Gasteiger partial charge >= 0.3 is 5.69 Å². The van der Waals surface area contributed by atoms with E-state index in [9.17, 15) is 14.0 Å². The van der Waals surface area contributed by atoms with Crippen molar-refractivity contribution in [2.75, 3.05) is 13.1 Å². The van der Waals surface area contributed by atoms with Crippen molar-refractivity contribution in [1.29, 1.82) is 0 Å². The van der Waals surface area contributed by atoms with Gasteiger partial charge in [-0.3, -0.25) is 4.79 Å². The highest BCUT2D eigenvalue weighted by molar-refractivity contribution is 6.33. The van der Waals surface area contributed by atoms with Crippen LogP contribution < -0.4 is 5.69 Å². The molecular formula is C22H22ClFN4O2. The number of carbonyl (C=O) groups excluding carboxylic acids is 1. The molecule has 6 nitrogen and oxygen atoms in total. The quantitative estimate of drug-likeness (QED) is 0.687. The molecule has 1 saturated heterocycles. The minimum absolute atomic E-state index is 0.0710. The molecule has 0 unspecified atom stereocenters. The number of rotatable bonds is 4. The lowest BCUT2D eigenvalue weighted by molar-refractivity contribution is 0.0685. The monoisotopic (exact) mass is 428 g/mol. The van der Waals surface area contributed by atoms with E-state index < -0.39 is 5.82 Å². The average molecular weight is 429 g/mol. The standard InChI is InChI=1S/C22H22ClFN4O2/c1-14-5-2-3-8-18(14)28-19(25-26-22(28)30)13-15-9-11-27(12-10-15)21(29)20-16(23)6-4-7-17(20)24/h2-8,15H,9-13H2,1H3,(H,26,30). The van der Waals surface area contributed by atoms with E-state index in [-0.39, 0.29) is 28.1 Å². The third-order valence-corrected chi connectivity index (χ3v) is 5.96. The second kappa shape index (κ2) is 8.44. The number of piperidine rings is 1. The Kier molecular flexibility index (Phi) is 5.72. The van der Waals surface area contributed by atoms with Gasteiger partial charge in [-0.05, 0) is 49.4 Å². The average Bonchev–Trinajstić information content (AvgIpc) is 3.08. The van der Waals surface area contributed by atoms with Crippen LogP contribution in [-0.4, -0.2) is 38.7 Å². The van der Waals surface area contributed by atoms with Crippen LogP contribution in [0.1, 0.15) is 34.6 Å². The number of benzene rings is 2. The number of amides is 1. The number of nitrogens with zero attached hydrogens (tertiary/aromatic N) is 3. The van der Waals surface area contributed by atoms with Gasteiger partial charge in [0.2, 0.25) is 0 Å². The number of hydrogen-bond donors (Lipinski definition) is 1. The fourth-order valence-corrected chi connectivity index (χ4v) is 4.23. The molecule has 156 valence electrons. The first-order valence-electron chi connectivity index (χ1n) is 9.91. The molecule has 0 aliphatic carbocycles. The summed E-state index contributed by atoms with van der Waals surface area (Å²) in [5.74, 6) is -0.0409. The van der Waals surface area contributed by atoms with E-state index in [4.69, 9.17) is 11.6 Å². The summed E-state index contributed by atoms with van der Waals surface area (Å²) in [7, 11) is 0. The van der Waals surface area contributed by atoms with Crippen LogP contribution in [0.2, 0.25) is 5.02 Å². The Balaban J connectivity index is 1.46. The van der Waals surface area contributed by atoms with Crippen LogP contribution in [0, 0.1) is 18.7 Å². The minimum atomic E-state index is -0.603. The summed E-state index contributed by atoms with van der Waals surface area (Å²) in [6.07, 6.45) is 2.11. The van der Waals surface area contributed by atoms with Crippen LogP contribution >= 0.6 is 11.6 Å². The molecule has 1 N–H and O–H groups in total. The topological polar surface area (TPSA) is 71.0 Å². The molecule has 8 heteroatoms. The molecule has 2 heterocycles. The molecule has 0 atom stereocenters. The van der Waals surface area contributed by atoms with Crippen molar-refractivity contribution < 1.29 is 9.18 Å². The lowest BCUT2D eigenvalue weighted by atomic mass is 9.92. The molecule has 3 aromatic rings. The molecule has 1 aliphatic rings. The van der Waals surface area contributed by atoms with Crippen LogP contribution in [0.5, 0.6) is 0 Å². The Morgan fingerprint density at radius 3 is 2.63 bits per heavy atom. The Bertz CT molecular complexity index is 1110. The van der Waals surface area contributed by atoms with Gasteiger partial charge < -0.3 is 4.90 Å². The largest absolute Gasteiger partial charge is 0.347 e. The van der Waals surface area contributed by atoms with Crippen molar-refractivity contribution >= 4 is 17.5 Å². The predicted octanol–water partition coefficient (Wildman–Crippen LogP) is 3.76. The molecule has 30 heavy (non-hydrogen) atoms. The summed E-state index contributed by atoms with van der Waals surface area (Å²) in [6, 6.07) is 11.9. The zero-order valence-corrected chi connectivity index (χ0v) is 17.3. The Hall–Kier alpha value is -2.93. The maximum atomic E-state index is 14.1. The smallest absolute Gasteiger partial charge is 0.338 e. The summed E-state index contributed by atoms with van der Waals surface area (Å²) in [6.45, 7) is 2.97. The SMILES string of the molecule is Cc1ccccc1-n1c(CC2CCN(C(=O)c3c(F)cccc3Cl)CC2)n[nH]c1=O. The fourth-order valence-electron chi connectivity index (χ4n) is 3.99. The van der Waals surface area contributed by atoms with Crippen LogP contribution in [0.3, 0.4) is 0 Å². The van der Waals surface area contributed by atoms with E-state index in [1.165, 1.54) is 18.2 Å². The zero-order valence-electron chi connectivity index (χ0n) is 16.6. The van der Waals surface area contributed by atoms with Gasteiger partial charge in [-0.1, -0.05) is 35.9 Å². The molecular weight excluding hydrogens is 407 g/mol.